The Hall–Kier alpha value is -2.94. The highest BCUT2D eigenvalue weighted by Gasteiger charge is 2.52. The number of unbranched alkanes of at least 4 members (excludes halogenated alkanes) is 3. The first-order valence-corrected chi connectivity index (χ1v) is 23.7. The third-order valence-corrected chi connectivity index (χ3v) is 18.8. The van der Waals surface area contributed by atoms with Gasteiger partial charge >= 0.3 is 0 Å². The van der Waals surface area contributed by atoms with E-state index in [1.54, 1.807) is 33.4 Å². The Labute approximate surface area is 310 Å². The first kappa shape index (κ1) is 35.1. The summed E-state index contributed by atoms with van der Waals surface area (Å²) < 4.78 is 6.12. The van der Waals surface area contributed by atoms with Crippen LogP contribution in [0.1, 0.15) is 142 Å². The quantitative estimate of drug-likeness (QED) is 0.1000. The minimum Gasteiger partial charge on any atom is -0.376 e. The van der Waals surface area contributed by atoms with Gasteiger partial charge in [0.2, 0.25) is 0 Å². The number of hydrogen-bond donors (Lipinski definition) is 0. The lowest BCUT2D eigenvalue weighted by Gasteiger charge is -2.42. The maximum absolute atomic E-state index is 6.12. The molecule has 4 aromatic carbocycles. The van der Waals surface area contributed by atoms with Crippen LogP contribution < -0.4 is 0 Å². The van der Waals surface area contributed by atoms with Gasteiger partial charge in [-0.25, -0.2) is 0 Å². The van der Waals surface area contributed by atoms with Crippen molar-refractivity contribution in [3.8, 4) is 22.3 Å². The molecule has 0 spiro atoms. The van der Waals surface area contributed by atoms with Crippen LogP contribution in [0.3, 0.4) is 0 Å². The van der Waals surface area contributed by atoms with E-state index in [9.17, 15) is 0 Å². The fourth-order valence-electron chi connectivity index (χ4n) is 11.1. The van der Waals surface area contributed by atoms with E-state index >= 15 is 0 Å². The van der Waals surface area contributed by atoms with Crippen molar-refractivity contribution in [2.24, 2.45) is 11.8 Å². The molecule has 0 aliphatic heterocycles. The lowest BCUT2D eigenvalue weighted by molar-refractivity contribution is -0.00471. The van der Waals surface area contributed by atoms with Gasteiger partial charge in [0.05, 0.1) is 13.7 Å². The van der Waals surface area contributed by atoms with Crippen LogP contribution in [0.4, 0.5) is 0 Å². The van der Waals surface area contributed by atoms with E-state index < -0.39 is 8.07 Å². The van der Waals surface area contributed by atoms with E-state index in [0.717, 1.165) is 24.9 Å². The van der Waals surface area contributed by atoms with Gasteiger partial charge in [0, 0.05) is 17.7 Å². The molecule has 0 bridgehead atoms. The van der Waals surface area contributed by atoms with Crippen LogP contribution in [-0.4, -0.2) is 20.3 Å². The molecule has 4 aromatic rings. The molecule has 0 aromatic heterocycles. The van der Waals surface area contributed by atoms with Crippen LogP contribution in [0.5, 0.6) is 0 Å². The van der Waals surface area contributed by atoms with Crippen molar-refractivity contribution in [1.29, 1.82) is 0 Å². The topological polar surface area (TPSA) is 9.23 Å². The molecule has 2 heteroatoms. The summed E-state index contributed by atoms with van der Waals surface area (Å²) in [6, 6.07) is 35.9. The minimum atomic E-state index is -2.15. The molecule has 2 fully saturated rings. The second-order valence-corrected chi connectivity index (χ2v) is 22.9. The largest absolute Gasteiger partial charge is 0.376 e. The monoisotopic (exact) mass is 694 g/mol. The van der Waals surface area contributed by atoms with Gasteiger partial charge in [-0.1, -0.05) is 168 Å². The Balaban J connectivity index is 1.20. The molecule has 1 nitrogen and oxygen atoms in total. The minimum absolute atomic E-state index is 0.0504. The molecule has 51 heavy (non-hydrogen) atoms. The van der Waals surface area contributed by atoms with Gasteiger partial charge in [0.25, 0.3) is 0 Å². The van der Waals surface area contributed by atoms with Crippen LogP contribution in [0, 0.1) is 11.8 Å². The lowest BCUT2D eigenvalue weighted by atomic mass is 9.95. The van der Waals surface area contributed by atoms with Crippen LogP contribution in [0.25, 0.3) is 22.3 Å². The van der Waals surface area contributed by atoms with Crippen molar-refractivity contribution in [3.05, 3.63) is 118 Å². The van der Waals surface area contributed by atoms with Gasteiger partial charge in [0.15, 0.2) is 0 Å². The molecule has 8 rings (SSSR count). The molecular weight excluding hydrogens is 633 g/mol. The Kier molecular flexibility index (Phi) is 10.2. The summed E-state index contributed by atoms with van der Waals surface area (Å²) in [5, 5.41) is 0. The zero-order chi connectivity index (χ0) is 35.0. The number of rotatable bonds is 13. The zero-order valence-corrected chi connectivity index (χ0v) is 33.1. The summed E-state index contributed by atoms with van der Waals surface area (Å²) in [5.74, 6) is 1.73. The molecule has 2 atom stereocenters. The molecule has 0 heterocycles. The van der Waals surface area contributed by atoms with E-state index in [0.29, 0.717) is 11.1 Å². The molecule has 2 unspecified atom stereocenters. The average Bonchev–Trinajstić information content (AvgIpc) is 3.93. The van der Waals surface area contributed by atoms with Crippen molar-refractivity contribution in [3.63, 3.8) is 0 Å². The van der Waals surface area contributed by atoms with E-state index in [-0.39, 0.29) is 5.60 Å². The Morgan fingerprint density at radius 1 is 0.549 bits per heavy atom. The number of fused-ring (bicyclic) bond motifs is 6. The van der Waals surface area contributed by atoms with Crippen LogP contribution in [0.15, 0.2) is 84.9 Å². The van der Waals surface area contributed by atoms with E-state index in [1.807, 2.05) is 0 Å². The highest BCUT2D eigenvalue weighted by molar-refractivity contribution is 6.83. The molecule has 4 aliphatic carbocycles. The summed E-state index contributed by atoms with van der Waals surface area (Å²) in [5.41, 5.74) is 16.7. The predicted molar refractivity (Wildman–Crippen MR) is 219 cm³/mol. The third-order valence-electron chi connectivity index (χ3n) is 13.4. The summed E-state index contributed by atoms with van der Waals surface area (Å²) >= 11 is 0. The Morgan fingerprint density at radius 2 is 1.00 bits per heavy atom. The van der Waals surface area contributed by atoms with Crippen molar-refractivity contribution >= 4 is 8.07 Å². The van der Waals surface area contributed by atoms with Gasteiger partial charge in [-0.05, 0) is 108 Å². The molecule has 0 radical (unpaired) electrons. The van der Waals surface area contributed by atoms with E-state index in [1.165, 1.54) is 112 Å². The third kappa shape index (κ3) is 7.22. The van der Waals surface area contributed by atoms with Crippen LogP contribution in [-0.2, 0) is 17.6 Å². The molecule has 268 valence electrons. The molecule has 0 saturated heterocycles. The van der Waals surface area contributed by atoms with Crippen molar-refractivity contribution in [1.82, 2.24) is 0 Å². The van der Waals surface area contributed by atoms with Gasteiger partial charge in [-0.15, -0.1) is 0 Å². The molecule has 2 saturated carbocycles. The van der Waals surface area contributed by atoms with Gasteiger partial charge < -0.3 is 4.74 Å². The number of hydrogen-bond acceptors (Lipinski definition) is 1. The normalized spacial score (nSPS) is 21.0. The maximum atomic E-state index is 6.12. The first-order chi connectivity index (χ1) is 24.8. The van der Waals surface area contributed by atoms with E-state index in [2.05, 4.69) is 112 Å². The van der Waals surface area contributed by atoms with Crippen LogP contribution >= 0.6 is 0 Å². The molecular formula is C49H62OSi. The highest BCUT2D eigenvalue weighted by atomic mass is 28.3. The van der Waals surface area contributed by atoms with Gasteiger partial charge in [-0.3, -0.25) is 0 Å². The van der Waals surface area contributed by atoms with Crippen LogP contribution in [0.2, 0.25) is 12.6 Å². The average molecular weight is 695 g/mol. The fraction of sp³-hybridized carbons (Fsp3) is 0.510. The number of benzene rings is 4. The first-order valence-electron chi connectivity index (χ1n) is 20.9. The second kappa shape index (κ2) is 14.8. The van der Waals surface area contributed by atoms with Gasteiger partial charge in [0.1, 0.15) is 0 Å². The van der Waals surface area contributed by atoms with Gasteiger partial charge in [-0.2, -0.15) is 0 Å². The molecule has 0 amide bonds. The summed E-state index contributed by atoms with van der Waals surface area (Å²) in [7, 11) is -2.15. The second-order valence-electron chi connectivity index (χ2n) is 18.2. The molecule has 0 N–H and O–H groups in total. The SMILES string of the molecule is CC(C)(C)OCCCCCC[Si](C)(C1c2ccccc2-c2ccc(CC3CCCC3)cc21)C1c2ccccc2-c2ccc(CC3CCCC3)cc21. The fourth-order valence-corrected chi connectivity index (χ4v) is 16.8. The Morgan fingerprint density at radius 3 is 1.49 bits per heavy atom. The highest BCUT2D eigenvalue weighted by Crippen LogP contribution is 2.59. The standard InChI is InChI=1S/C49H62OSi/c1-49(2,3)50-29-15-5-6-16-30-51(4,47-43-23-13-11-21-39(43)41-27-25-37(33-45(41)47)31-35-17-7-8-18-35)48-44-24-14-12-22-40(44)42-28-26-38(34-46(42)48)32-36-19-9-10-20-36/h11-14,21-28,33-36,47-48H,5-10,15-20,29-32H2,1-4H3. The predicted octanol–water partition coefficient (Wildman–Crippen LogP) is 13.6. The summed E-state index contributed by atoms with van der Waals surface area (Å²) in [6.07, 6.45) is 18.8. The lowest BCUT2D eigenvalue weighted by Crippen LogP contribution is -2.45. The van der Waals surface area contributed by atoms with E-state index in [4.69, 9.17) is 4.74 Å². The smallest absolute Gasteiger partial charge is 0.0761 e. The summed E-state index contributed by atoms with van der Waals surface area (Å²) in [4.78, 5) is 0. The maximum Gasteiger partial charge on any atom is 0.0761 e. The zero-order valence-electron chi connectivity index (χ0n) is 32.1. The van der Waals surface area contributed by atoms with Crippen molar-refractivity contribution in [2.45, 2.75) is 140 Å². The van der Waals surface area contributed by atoms with Crippen molar-refractivity contribution in [2.75, 3.05) is 6.61 Å². The van der Waals surface area contributed by atoms with Crippen molar-refractivity contribution < 1.29 is 4.74 Å². The Bertz CT molecular complexity index is 1700. The molecule has 4 aliphatic rings. The summed E-state index contributed by atoms with van der Waals surface area (Å²) in [6.45, 7) is 10.2. The number of ether oxygens (including phenoxy) is 1.